The highest BCUT2D eigenvalue weighted by molar-refractivity contribution is 7.89. The number of piperidine rings is 1. The molecule has 3 N–H and O–H groups in total. The summed E-state index contributed by atoms with van der Waals surface area (Å²) in [6.07, 6.45) is 4.96. The number of pyridine rings is 1. The standard InChI is InChI=1S/C27H36N6O6S/c1-4-38-27(35)39-23-16-18(2)10-14-33(23)25(34)21(8-6-11-28-26-29-12-13-30-26)32-40(36,37)22-9-5-7-20-15-19(3)17-31-24(20)22/h5,7,9,12-13,15,17-18,21,23,32H,4,6,8,10-11,14,16H2,1-3H3,(H2,28,29,30)/t18-,21+,23-/m1/s1. The number of amides is 1. The van der Waals surface area contributed by atoms with Gasteiger partial charge in [-0.25, -0.2) is 18.2 Å². The SMILES string of the molecule is CCOC(=O)O[C@@H]1C[C@H](C)CCN1C(=O)[C@H](CCCNc1ncc[nH]1)NS(=O)(=O)c1cccc2cc(C)cnc12. The molecule has 0 aliphatic carbocycles. The third kappa shape index (κ3) is 7.27. The number of benzene rings is 1. The average molecular weight is 573 g/mol. The van der Waals surface area contributed by atoms with Crippen LogP contribution in [0.4, 0.5) is 10.7 Å². The van der Waals surface area contributed by atoms with Gasteiger partial charge in [0.25, 0.3) is 0 Å². The Morgan fingerprint density at radius 2 is 2.10 bits per heavy atom. The van der Waals surface area contributed by atoms with Crippen molar-refractivity contribution in [1.82, 2.24) is 24.6 Å². The molecule has 1 aliphatic heterocycles. The molecule has 3 aromatic rings. The number of fused-ring (bicyclic) bond motifs is 1. The fourth-order valence-electron chi connectivity index (χ4n) is 4.74. The van der Waals surface area contributed by atoms with Crippen LogP contribution in [0.25, 0.3) is 10.9 Å². The largest absolute Gasteiger partial charge is 0.510 e. The number of H-pyrrole nitrogens is 1. The highest BCUT2D eigenvalue weighted by Crippen LogP contribution is 2.26. The van der Waals surface area contributed by atoms with Gasteiger partial charge in [0.1, 0.15) is 10.9 Å². The number of hydrogen-bond donors (Lipinski definition) is 3. The van der Waals surface area contributed by atoms with Crippen LogP contribution in [0.5, 0.6) is 0 Å². The zero-order valence-electron chi connectivity index (χ0n) is 22.9. The van der Waals surface area contributed by atoms with Crippen molar-refractivity contribution in [3.05, 3.63) is 48.4 Å². The lowest BCUT2D eigenvalue weighted by atomic mass is 9.96. The van der Waals surface area contributed by atoms with Gasteiger partial charge in [0, 0.05) is 43.5 Å². The monoisotopic (exact) mass is 572 g/mol. The van der Waals surface area contributed by atoms with E-state index in [-0.39, 0.29) is 23.8 Å². The van der Waals surface area contributed by atoms with Crippen LogP contribution in [-0.2, 0) is 24.3 Å². The second-order valence-corrected chi connectivity index (χ2v) is 11.6. The Hall–Kier alpha value is -3.71. The molecule has 1 aliphatic rings. The number of aryl methyl sites for hydroxylation is 1. The van der Waals surface area contributed by atoms with Crippen LogP contribution < -0.4 is 10.0 Å². The number of likely N-dealkylation sites (tertiary alicyclic amines) is 1. The second kappa shape index (κ2) is 13.1. The molecule has 3 atom stereocenters. The molecule has 2 aromatic heterocycles. The number of ether oxygens (including phenoxy) is 2. The highest BCUT2D eigenvalue weighted by atomic mass is 32.2. The third-order valence-corrected chi connectivity index (χ3v) is 8.25. The van der Waals surface area contributed by atoms with E-state index in [1.807, 2.05) is 19.9 Å². The van der Waals surface area contributed by atoms with Gasteiger partial charge in [-0.15, -0.1) is 0 Å². The van der Waals surface area contributed by atoms with Crippen molar-refractivity contribution < 1.29 is 27.5 Å². The molecule has 0 bridgehead atoms. The quantitative estimate of drug-likeness (QED) is 0.231. The van der Waals surface area contributed by atoms with Gasteiger partial charge in [-0.3, -0.25) is 9.78 Å². The summed E-state index contributed by atoms with van der Waals surface area (Å²) in [5.41, 5.74) is 1.22. The first-order chi connectivity index (χ1) is 19.2. The zero-order chi connectivity index (χ0) is 28.7. The first-order valence-corrected chi connectivity index (χ1v) is 14.9. The Bertz CT molecular complexity index is 1410. The number of nitrogens with one attached hydrogen (secondary N) is 3. The summed E-state index contributed by atoms with van der Waals surface area (Å²) in [5, 5.41) is 3.79. The Morgan fingerprint density at radius 3 is 2.85 bits per heavy atom. The summed E-state index contributed by atoms with van der Waals surface area (Å²) in [7, 11) is -4.15. The molecule has 1 fully saturated rings. The molecular formula is C27H36N6O6S. The Balaban J connectivity index is 1.58. The van der Waals surface area contributed by atoms with Crippen LogP contribution in [0.3, 0.4) is 0 Å². The first-order valence-electron chi connectivity index (χ1n) is 13.4. The molecule has 40 heavy (non-hydrogen) atoms. The van der Waals surface area contributed by atoms with E-state index in [4.69, 9.17) is 9.47 Å². The van der Waals surface area contributed by atoms with Gasteiger partial charge in [-0.05, 0) is 56.7 Å². The number of carbonyl (C=O) groups is 2. The number of sulfonamides is 1. The fraction of sp³-hybridized carbons (Fsp3) is 0.481. The van der Waals surface area contributed by atoms with Crippen LogP contribution in [0.2, 0.25) is 0 Å². The molecule has 1 saturated heterocycles. The number of aromatic nitrogens is 3. The number of aromatic amines is 1. The van der Waals surface area contributed by atoms with E-state index >= 15 is 0 Å². The molecule has 13 heteroatoms. The molecule has 1 aromatic carbocycles. The number of carbonyl (C=O) groups excluding carboxylic acids is 2. The summed E-state index contributed by atoms with van der Waals surface area (Å²) < 4.78 is 40.4. The van der Waals surface area contributed by atoms with Crippen molar-refractivity contribution in [2.75, 3.05) is 25.0 Å². The maximum Gasteiger partial charge on any atom is 0.510 e. The number of hydrogen-bond acceptors (Lipinski definition) is 9. The Labute approximate surface area is 233 Å². The van der Waals surface area contributed by atoms with Gasteiger partial charge < -0.3 is 24.7 Å². The minimum atomic E-state index is -4.15. The van der Waals surface area contributed by atoms with Gasteiger partial charge in [0.05, 0.1) is 12.1 Å². The number of anilines is 1. The van der Waals surface area contributed by atoms with Crippen molar-refractivity contribution in [3.8, 4) is 0 Å². The van der Waals surface area contributed by atoms with Gasteiger partial charge in [-0.2, -0.15) is 4.72 Å². The Morgan fingerprint density at radius 1 is 1.27 bits per heavy atom. The number of para-hydroxylation sites is 1. The first kappa shape index (κ1) is 29.3. The number of nitrogens with zero attached hydrogens (tertiary/aromatic N) is 3. The minimum Gasteiger partial charge on any atom is -0.435 e. The van der Waals surface area contributed by atoms with Crippen molar-refractivity contribution >= 4 is 38.9 Å². The van der Waals surface area contributed by atoms with Crippen LogP contribution in [0, 0.1) is 12.8 Å². The van der Waals surface area contributed by atoms with Crippen LogP contribution >= 0.6 is 0 Å². The maximum absolute atomic E-state index is 13.9. The molecule has 0 radical (unpaired) electrons. The van der Waals surface area contributed by atoms with Crippen molar-refractivity contribution in [3.63, 3.8) is 0 Å². The summed E-state index contributed by atoms with van der Waals surface area (Å²) in [5.74, 6) is 0.321. The molecule has 216 valence electrons. The van der Waals surface area contributed by atoms with Crippen molar-refractivity contribution in [2.45, 2.75) is 63.6 Å². The molecular weight excluding hydrogens is 536 g/mol. The smallest absolute Gasteiger partial charge is 0.435 e. The topological polar surface area (TPSA) is 156 Å². The molecule has 0 saturated carbocycles. The maximum atomic E-state index is 13.9. The predicted molar refractivity (Wildman–Crippen MR) is 149 cm³/mol. The normalized spacial score (nSPS) is 18.3. The molecule has 4 rings (SSSR count). The van der Waals surface area contributed by atoms with Gasteiger partial charge in [0.15, 0.2) is 12.2 Å². The van der Waals surface area contributed by atoms with E-state index in [2.05, 4.69) is 25.0 Å². The van der Waals surface area contributed by atoms with E-state index in [1.165, 1.54) is 11.0 Å². The zero-order valence-corrected chi connectivity index (χ0v) is 23.7. The summed E-state index contributed by atoms with van der Waals surface area (Å²) in [4.78, 5) is 38.9. The van der Waals surface area contributed by atoms with E-state index in [0.717, 1.165) is 5.56 Å². The van der Waals surface area contributed by atoms with Crippen molar-refractivity contribution in [2.24, 2.45) is 5.92 Å². The fourth-order valence-corrected chi connectivity index (χ4v) is 6.14. The molecule has 0 unspecified atom stereocenters. The molecule has 3 heterocycles. The molecule has 1 amide bonds. The van der Waals surface area contributed by atoms with Crippen LogP contribution in [0.15, 0.2) is 47.8 Å². The van der Waals surface area contributed by atoms with Gasteiger partial charge in [-0.1, -0.05) is 19.1 Å². The lowest BCUT2D eigenvalue weighted by Gasteiger charge is -2.39. The summed E-state index contributed by atoms with van der Waals surface area (Å²) in [6, 6.07) is 5.67. The van der Waals surface area contributed by atoms with E-state index in [0.29, 0.717) is 49.2 Å². The number of rotatable bonds is 11. The second-order valence-electron chi connectivity index (χ2n) is 9.94. The molecule has 0 spiro atoms. The van der Waals surface area contributed by atoms with Gasteiger partial charge >= 0.3 is 6.16 Å². The lowest BCUT2D eigenvalue weighted by molar-refractivity contribution is -0.150. The van der Waals surface area contributed by atoms with Crippen molar-refractivity contribution in [1.29, 1.82) is 0 Å². The van der Waals surface area contributed by atoms with E-state index in [1.54, 1.807) is 37.6 Å². The average Bonchev–Trinajstić information content (AvgIpc) is 3.43. The van der Waals surface area contributed by atoms with E-state index < -0.39 is 34.4 Å². The minimum absolute atomic E-state index is 0.0110. The van der Waals surface area contributed by atoms with Crippen LogP contribution in [-0.4, -0.2) is 72.3 Å². The highest BCUT2D eigenvalue weighted by Gasteiger charge is 2.38. The summed E-state index contributed by atoms with van der Waals surface area (Å²) >= 11 is 0. The summed E-state index contributed by atoms with van der Waals surface area (Å²) in [6.45, 7) is 6.47. The van der Waals surface area contributed by atoms with E-state index in [9.17, 15) is 18.0 Å². The van der Waals surface area contributed by atoms with Gasteiger partial charge in [0.2, 0.25) is 15.9 Å². The Kier molecular flexibility index (Phi) is 9.58. The number of imidazole rings is 1. The predicted octanol–water partition coefficient (Wildman–Crippen LogP) is 3.56. The van der Waals surface area contributed by atoms with Crippen LogP contribution in [0.1, 0.15) is 45.1 Å². The third-order valence-electron chi connectivity index (χ3n) is 6.75. The molecule has 12 nitrogen and oxygen atoms in total. The lowest BCUT2D eigenvalue weighted by Crippen LogP contribution is -2.55.